The molecule has 2 heterocycles. The van der Waals surface area contributed by atoms with Crippen LogP contribution in [0.1, 0.15) is 0 Å². The molecule has 5 nitrogen and oxygen atoms in total. The van der Waals surface area contributed by atoms with Crippen LogP contribution in [0.5, 0.6) is 0 Å². The number of nitrogens with one attached hydrogen (secondary N) is 1. The van der Waals surface area contributed by atoms with Crippen LogP contribution < -0.4 is 5.32 Å². The summed E-state index contributed by atoms with van der Waals surface area (Å²) in [6, 6.07) is 3.66. The molecule has 0 atom stereocenters. The van der Waals surface area contributed by atoms with Crippen molar-refractivity contribution in [1.29, 1.82) is 0 Å². The second-order valence-corrected chi connectivity index (χ2v) is 3.24. The van der Waals surface area contributed by atoms with Gasteiger partial charge in [-0.05, 0) is 23.7 Å². The molecule has 0 fully saturated rings. The highest BCUT2D eigenvalue weighted by molar-refractivity contribution is 6.28. The summed E-state index contributed by atoms with van der Waals surface area (Å²) in [7, 11) is 0. The van der Waals surface area contributed by atoms with Crippen LogP contribution in [0.2, 0.25) is 5.28 Å². The molecular formula is C9H10ClN5. The van der Waals surface area contributed by atoms with Crippen molar-refractivity contribution in [1.82, 2.24) is 19.7 Å². The largest absolute Gasteiger partial charge is 0.368 e. The van der Waals surface area contributed by atoms with Gasteiger partial charge in [-0.2, -0.15) is 5.10 Å². The van der Waals surface area contributed by atoms with E-state index in [1.807, 2.05) is 16.9 Å². The molecule has 0 radical (unpaired) electrons. The fourth-order valence-electron chi connectivity index (χ4n) is 1.16. The van der Waals surface area contributed by atoms with E-state index in [0.717, 1.165) is 18.9 Å². The summed E-state index contributed by atoms with van der Waals surface area (Å²) in [6.07, 6.45) is 5.28. The van der Waals surface area contributed by atoms with Gasteiger partial charge < -0.3 is 5.32 Å². The molecule has 2 aromatic rings. The minimum atomic E-state index is 0.249. The lowest BCUT2D eigenvalue weighted by Gasteiger charge is -2.05. The van der Waals surface area contributed by atoms with E-state index in [2.05, 4.69) is 20.4 Å². The zero-order valence-electron chi connectivity index (χ0n) is 7.97. The number of nitrogens with zero attached hydrogens (tertiary/aromatic N) is 4. The van der Waals surface area contributed by atoms with Gasteiger partial charge in [-0.1, -0.05) is 0 Å². The third kappa shape index (κ3) is 2.92. The van der Waals surface area contributed by atoms with E-state index in [9.17, 15) is 0 Å². The Bertz CT molecular complexity index is 414. The number of rotatable bonds is 4. The predicted octanol–water partition coefficient (Wildman–Crippen LogP) is 1.44. The van der Waals surface area contributed by atoms with Crippen LogP contribution in [-0.4, -0.2) is 26.3 Å². The van der Waals surface area contributed by atoms with Gasteiger partial charge in [0.05, 0.1) is 6.54 Å². The zero-order chi connectivity index (χ0) is 10.5. The van der Waals surface area contributed by atoms with Crippen molar-refractivity contribution in [2.75, 3.05) is 11.9 Å². The van der Waals surface area contributed by atoms with Crippen LogP contribution in [0.3, 0.4) is 0 Å². The van der Waals surface area contributed by atoms with E-state index in [1.165, 1.54) is 0 Å². The molecule has 0 aliphatic heterocycles. The third-order valence-electron chi connectivity index (χ3n) is 1.83. The van der Waals surface area contributed by atoms with Gasteiger partial charge in [-0.3, -0.25) is 4.68 Å². The third-order valence-corrected chi connectivity index (χ3v) is 2.01. The molecule has 15 heavy (non-hydrogen) atoms. The lowest BCUT2D eigenvalue weighted by Crippen LogP contribution is -2.11. The Morgan fingerprint density at radius 2 is 2.33 bits per heavy atom. The molecule has 2 rings (SSSR count). The van der Waals surface area contributed by atoms with Gasteiger partial charge in [0.1, 0.15) is 5.82 Å². The quantitative estimate of drug-likeness (QED) is 0.797. The van der Waals surface area contributed by atoms with Gasteiger partial charge >= 0.3 is 0 Å². The number of halogens is 1. The van der Waals surface area contributed by atoms with E-state index in [4.69, 9.17) is 11.6 Å². The van der Waals surface area contributed by atoms with E-state index in [-0.39, 0.29) is 5.28 Å². The maximum absolute atomic E-state index is 5.64. The molecule has 0 saturated carbocycles. The van der Waals surface area contributed by atoms with Gasteiger partial charge in [0.2, 0.25) is 5.28 Å². The molecule has 0 spiro atoms. The average molecular weight is 224 g/mol. The van der Waals surface area contributed by atoms with Crippen molar-refractivity contribution in [2.45, 2.75) is 6.54 Å². The lowest BCUT2D eigenvalue weighted by atomic mass is 10.5. The monoisotopic (exact) mass is 223 g/mol. The summed E-state index contributed by atoms with van der Waals surface area (Å²) < 4.78 is 1.84. The van der Waals surface area contributed by atoms with Crippen LogP contribution in [0.15, 0.2) is 30.7 Å². The van der Waals surface area contributed by atoms with Gasteiger partial charge in [0.25, 0.3) is 0 Å². The van der Waals surface area contributed by atoms with Crippen molar-refractivity contribution in [2.24, 2.45) is 0 Å². The Morgan fingerprint density at radius 1 is 1.40 bits per heavy atom. The molecule has 0 bridgehead atoms. The summed E-state index contributed by atoms with van der Waals surface area (Å²) in [5.41, 5.74) is 0. The summed E-state index contributed by atoms with van der Waals surface area (Å²) in [5, 5.41) is 7.46. The maximum Gasteiger partial charge on any atom is 0.224 e. The highest BCUT2D eigenvalue weighted by Gasteiger charge is 1.95. The van der Waals surface area contributed by atoms with E-state index >= 15 is 0 Å². The van der Waals surface area contributed by atoms with E-state index < -0.39 is 0 Å². The van der Waals surface area contributed by atoms with Crippen LogP contribution in [0.25, 0.3) is 0 Å². The van der Waals surface area contributed by atoms with E-state index in [1.54, 1.807) is 18.5 Å². The zero-order valence-corrected chi connectivity index (χ0v) is 8.72. The molecule has 0 saturated heterocycles. The topological polar surface area (TPSA) is 55.6 Å². The van der Waals surface area contributed by atoms with Crippen LogP contribution in [0, 0.1) is 0 Å². The molecule has 6 heteroatoms. The first-order valence-corrected chi connectivity index (χ1v) is 4.92. The SMILES string of the molecule is Clc1nccc(NCCn2cccn2)n1. The first kappa shape index (κ1) is 9.92. The van der Waals surface area contributed by atoms with Crippen molar-refractivity contribution in [3.8, 4) is 0 Å². The first-order valence-electron chi connectivity index (χ1n) is 4.54. The fourth-order valence-corrected chi connectivity index (χ4v) is 1.31. The molecule has 0 aliphatic carbocycles. The van der Waals surface area contributed by atoms with Crippen molar-refractivity contribution in [3.63, 3.8) is 0 Å². The van der Waals surface area contributed by atoms with Gasteiger partial charge in [-0.15, -0.1) is 0 Å². The second kappa shape index (κ2) is 4.75. The molecule has 0 aliphatic rings. The molecule has 2 aromatic heterocycles. The predicted molar refractivity (Wildman–Crippen MR) is 57.8 cm³/mol. The Balaban J connectivity index is 1.83. The Kier molecular flexibility index (Phi) is 3.14. The molecule has 1 N–H and O–H groups in total. The van der Waals surface area contributed by atoms with Gasteiger partial charge in [-0.25, -0.2) is 9.97 Å². The van der Waals surface area contributed by atoms with Crippen molar-refractivity contribution >= 4 is 17.4 Å². The van der Waals surface area contributed by atoms with Gasteiger partial charge in [0, 0.05) is 25.1 Å². The normalized spacial score (nSPS) is 10.2. The van der Waals surface area contributed by atoms with Crippen LogP contribution >= 0.6 is 11.6 Å². The minimum Gasteiger partial charge on any atom is -0.368 e. The molecule has 0 unspecified atom stereocenters. The summed E-state index contributed by atoms with van der Waals surface area (Å²) in [5.74, 6) is 0.724. The van der Waals surface area contributed by atoms with Crippen molar-refractivity contribution < 1.29 is 0 Å². The van der Waals surface area contributed by atoms with Crippen LogP contribution in [0.4, 0.5) is 5.82 Å². The van der Waals surface area contributed by atoms with E-state index in [0.29, 0.717) is 0 Å². The van der Waals surface area contributed by atoms with Gasteiger partial charge in [0.15, 0.2) is 0 Å². The Hall–Kier alpha value is -1.62. The lowest BCUT2D eigenvalue weighted by molar-refractivity contribution is 0.637. The molecule has 0 amide bonds. The first-order chi connectivity index (χ1) is 7.34. The number of aromatic nitrogens is 4. The number of anilines is 1. The fraction of sp³-hybridized carbons (Fsp3) is 0.222. The number of hydrogen-bond donors (Lipinski definition) is 1. The van der Waals surface area contributed by atoms with Crippen LogP contribution in [-0.2, 0) is 6.54 Å². The highest BCUT2D eigenvalue weighted by Crippen LogP contribution is 2.05. The average Bonchev–Trinajstić information content (AvgIpc) is 2.71. The highest BCUT2D eigenvalue weighted by atomic mass is 35.5. The molecular weight excluding hydrogens is 214 g/mol. The summed E-state index contributed by atoms with van der Waals surface area (Å²) in [4.78, 5) is 7.80. The molecule has 0 aromatic carbocycles. The Morgan fingerprint density at radius 3 is 3.07 bits per heavy atom. The second-order valence-electron chi connectivity index (χ2n) is 2.91. The number of hydrogen-bond acceptors (Lipinski definition) is 4. The molecule has 78 valence electrons. The summed E-state index contributed by atoms with van der Waals surface area (Å²) in [6.45, 7) is 1.53. The smallest absolute Gasteiger partial charge is 0.224 e. The maximum atomic E-state index is 5.64. The standard InChI is InChI=1S/C9H10ClN5/c10-9-12-4-2-8(14-9)11-5-7-15-6-1-3-13-15/h1-4,6H,5,7H2,(H,11,12,14). The van der Waals surface area contributed by atoms with Crippen molar-refractivity contribution in [3.05, 3.63) is 36.0 Å². The Labute approximate surface area is 92.1 Å². The summed E-state index contributed by atoms with van der Waals surface area (Å²) >= 11 is 5.64. The minimum absolute atomic E-state index is 0.249.